The third-order valence-corrected chi connectivity index (χ3v) is 6.19. The summed E-state index contributed by atoms with van der Waals surface area (Å²) in [7, 11) is -3.19. The van der Waals surface area contributed by atoms with Gasteiger partial charge in [-0.1, -0.05) is 0 Å². The molecule has 2 aliphatic heterocycles. The van der Waals surface area contributed by atoms with Crippen LogP contribution < -0.4 is 5.32 Å². The number of nitrogens with zero attached hydrogens (tertiary/aromatic N) is 1. The van der Waals surface area contributed by atoms with E-state index in [4.69, 9.17) is 0 Å². The first kappa shape index (κ1) is 14.1. The summed E-state index contributed by atoms with van der Waals surface area (Å²) in [5.74, 6) is 1.38. The highest BCUT2D eigenvalue weighted by Gasteiger charge is 2.37. The Morgan fingerprint density at radius 3 is 2.61 bits per heavy atom. The first-order valence-electron chi connectivity index (χ1n) is 6.28. The zero-order valence-corrected chi connectivity index (χ0v) is 12.2. The summed E-state index contributed by atoms with van der Waals surface area (Å²) in [5.41, 5.74) is 0. The third kappa shape index (κ3) is 3.19. The Labute approximate surface area is 113 Å². The molecule has 2 rings (SSSR count). The first-order chi connectivity index (χ1) is 8.50. The van der Waals surface area contributed by atoms with Crippen LogP contribution in [0.1, 0.15) is 12.8 Å². The number of sulfone groups is 1. The lowest BCUT2D eigenvalue weighted by Crippen LogP contribution is -2.52. The molecular weight excluding hydrogens is 272 g/mol. The molecule has 2 saturated heterocycles. The van der Waals surface area contributed by atoms with Crippen molar-refractivity contribution in [1.82, 2.24) is 10.2 Å². The average molecular weight is 292 g/mol. The molecule has 5 nitrogen and oxygen atoms in total. The van der Waals surface area contributed by atoms with Crippen molar-refractivity contribution in [3.05, 3.63) is 0 Å². The van der Waals surface area contributed by atoms with Gasteiger partial charge in [-0.2, -0.15) is 11.8 Å². The number of rotatable bonds is 2. The van der Waals surface area contributed by atoms with Crippen LogP contribution in [0.4, 0.5) is 0 Å². The van der Waals surface area contributed by atoms with Gasteiger partial charge in [-0.15, -0.1) is 0 Å². The van der Waals surface area contributed by atoms with E-state index in [0.29, 0.717) is 12.3 Å². The van der Waals surface area contributed by atoms with Crippen molar-refractivity contribution >= 4 is 27.5 Å². The Morgan fingerprint density at radius 1 is 1.33 bits per heavy atom. The normalized spacial score (nSPS) is 27.2. The molecule has 0 radical (unpaired) electrons. The van der Waals surface area contributed by atoms with Crippen molar-refractivity contribution < 1.29 is 13.2 Å². The average Bonchev–Trinajstić information content (AvgIpc) is 2.38. The number of piperidine rings is 1. The predicted molar refractivity (Wildman–Crippen MR) is 73.3 cm³/mol. The van der Waals surface area contributed by atoms with Crippen LogP contribution in [0.2, 0.25) is 0 Å². The highest BCUT2D eigenvalue weighted by atomic mass is 32.2. The van der Waals surface area contributed by atoms with Crippen molar-refractivity contribution in [2.45, 2.75) is 18.2 Å². The lowest BCUT2D eigenvalue weighted by molar-refractivity contribution is -0.136. The molecular formula is C11H20N2O3S2. The van der Waals surface area contributed by atoms with Gasteiger partial charge >= 0.3 is 0 Å². The first-order valence-corrected chi connectivity index (χ1v) is 9.39. The highest BCUT2D eigenvalue weighted by Crippen LogP contribution is 2.24. The van der Waals surface area contributed by atoms with E-state index in [-0.39, 0.29) is 11.8 Å². The molecule has 0 aliphatic carbocycles. The van der Waals surface area contributed by atoms with Gasteiger partial charge in [0, 0.05) is 30.2 Å². The Morgan fingerprint density at radius 2 is 2.00 bits per heavy atom. The van der Waals surface area contributed by atoms with Crippen molar-refractivity contribution in [1.29, 1.82) is 0 Å². The Balaban J connectivity index is 2.10. The van der Waals surface area contributed by atoms with Crippen LogP contribution in [0.25, 0.3) is 0 Å². The van der Waals surface area contributed by atoms with E-state index < -0.39 is 15.2 Å². The fourth-order valence-corrected chi connectivity index (χ4v) is 5.31. The number of amides is 1. The van der Waals surface area contributed by atoms with Gasteiger partial charge in [0.25, 0.3) is 0 Å². The van der Waals surface area contributed by atoms with Crippen LogP contribution in [0, 0.1) is 5.92 Å². The van der Waals surface area contributed by atoms with Gasteiger partial charge in [0.2, 0.25) is 5.91 Å². The third-order valence-electron chi connectivity index (χ3n) is 3.55. The van der Waals surface area contributed by atoms with Gasteiger partial charge in [-0.25, -0.2) is 8.42 Å². The number of nitrogens with one attached hydrogen (secondary N) is 1. The molecule has 2 heterocycles. The quantitative estimate of drug-likeness (QED) is 0.772. The molecule has 2 fully saturated rings. The van der Waals surface area contributed by atoms with Gasteiger partial charge < -0.3 is 10.2 Å². The molecule has 0 aromatic carbocycles. The van der Waals surface area contributed by atoms with E-state index in [2.05, 4.69) is 5.32 Å². The van der Waals surface area contributed by atoms with Gasteiger partial charge in [0.15, 0.2) is 9.84 Å². The number of carbonyl (C=O) groups excluding carboxylic acids is 1. The van der Waals surface area contributed by atoms with Crippen LogP contribution >= 0.6 is 11.8 Å². The fraction of sp³-hybridized carbons (Fsp3) is 0.909. The minimum Gasteiger partial charge on any atom is -0.324 e. The van der Waals surface area contributed by atoms with E-state index >= 15 is 0 Å². The van der Waals surface area contributed by atoms with Crippen LogP contribution in [-0.4, -0.2) is 62.0 Å². The minimum atomic E-state index is -3.19. The summed E-state index contributed by atoms with van der Waals surface area (Å²) in [4.78, 5) is 14.0. The molecule has 1 amide bonds. The second-order valence-electron chi connectivity index (χ2n) is 4.91. The fourth-order valence-electron chi connectivity index (χ4n) is 2.49. The van der Waals surface area contributed by atoms with E-state index in [0.717, 1.165) is 31.7 Å². The predicted octanol–water partition coefficient (Wildman–Crippen LogP) is -0.0679. The Bertz CT molecular complexity index is 405. The van der Waals surface area contributed by atoms with Gasteiger partial charge in [0.1, 0.15) is 5.37 Å². The molecule has 7 heteroatoms. The maximum Gasteiger partial charge on any atom is 0.226 e. The molecule has 104 valence electrons. The van der Waals surface area contributed by atoms with E-state index in [1.807, 2.05) is 0 Å². The number of hydrogen-bond acceptors (Lipinski definition) is 5. The Kier molecular flexibility index (Phi) is 4.55. The molecule has 2 aliphatic rings. The summed E-state index contributed by atoms with van der Waals surface area (Å²) in [5, 5.41) is 2.59. The van der Waals surface area contributed by atoms with Gasteiger partial charge in [-0.05, 0) is 25.9 Å². The zero-order valence-electron chi connectivity index (χ0n) is 10.6. The van der Waals surface area contributed by atoms with E-state index in [9.17, 15) is 13.2 Å². The molecule has 0 saturated carbocycles. The van der Waals surface area contributed by atoms with Crippen molar-refractivity contribution in [3.63, 3.8) is 0 Å². The van der Waals surface area contributed by atoms with Crippen LogP contribution in [0.5, 0.6) is 0 Å². The smallest absolute Gasteiger partial charge is 0.226 e. The number of carbonyl (C=O) groups is 1. The molecule has 18 heavy (non-hydrogen) atoms. The molecule has 1 unspecified atom stereocenters. The Hall–Kier alpha value is -0.270. The summed E-state index contributed by atoms with van der Waals surface area (Å²) < 4.78 is 23.5. The summed E-state index contributed by atoms with van der Waals surface area (Å²) in [6, 6.07) is 0. The maximum absolute atomic E-state index is 12.4. The summed E-state index contributed by atoms with van der Waals surface area (Å²) in [6.07, 6.45) is 2.87. The lowest BCUT2D eigenvalue weighted by Gasteiger charge is -2.37. The second-order valence-corrected chi connectivity index (χ2v) is 8.27. The SMILES string of the molecule is CS(=O)(=O)C1CSCCN1C(=O)C1CCNCC1. The van der Waals surface area contributed by atoms with Crippen LogP contribution in [-0.2, 0) is 14.6 Å². The van der Waals surface area contributed by atoms with Crippen molar-refractivity contribution in [2.24, 2.45) is 5.92 Å². The van der Waals surface area contributed by atoms with Crippen molar-refractivity contribution in [3.8, 4) is 0 Å². The maximum atomic E-state index is 12.4. The molecule has 0 spiro atoms. The van der Waals surface area contributed by atoms with Crippen molar-refractivity contribution in [2.75, 3.05) is 37.4 Å². The minimum absolute atomic E-state index is 0.00130. The van der Waals surface area contributed by atoms with Gasteiger partial charge in [0.05, 0.1) is 0 Å². The number of thioether (sulfide) groups is 1. The molecule has 0 aromatic heterocycles. The second kappa shape index (κ2) is 5.79. The van der Waals surface area contributed by atoms with E-state index in [1.54, 1.807) is 16.7 Å². The zero-order chi connectivity index (χ0) is 13.2. The molecule has 1 N–H and O–H groups in total. The standard InChI is InChI=1S/C11H20N2O3S2/c1-18(15,16)10-8-17-7-6-13(10)11(14)9-2-4-12-5-3-9/h9-10,12H,2-8H2,1H3. The largest absolute Gasteiger partial charge is 0.324 e. The molecule has 1 atom stereocenters. The molecule has 0 bridgehead atoms. The topological polar surface area (TPSA) is 66.5 Å². The summed E-state index contributed by atoms with van der Waals surface area (Å²) in [6.45, 7) is 2.26. The van der Waals surface area contributed by atoms with Crippen LogP contribution in [0.3, 0.4) is 0 Å². The van der Waals surface area contributed by atoms with Crippen LogP contribution in [0.15, 0.2) is 0 Å². The monoisotopic (exact) mass is 292 g/mol. The number of hydrogen-bond donors (Lipinski definition) is 1. The summed E-state index contributed by atoms with van der Waals surface area (Å²) >= 11 is 1.61. The van der Waals surface area contributed by atoms with E-state index in [1.165, 1.54) is 6.26 Å². The van der Waals surface area contributed by atoms with Gasteiger partial charge in [-0.3, -0.25) is 4.79 Å². The highest BCUT2D eigenvalue weighted by molar-refractivity contribution is 8.00. The molecule has 0 aromatic rings. The lowest BCUT2D eigenvalue weighted by atomic mass is 9.96.